The van der Waals surface area contributed by atoms with Crippen molar-refractivity contribution in [1.29, 1.82) is 0 Å². The maximum Gasteiger partial charge on any atom is -0.0169 e. The van der Waals surface area contributed by atoms with Crippen molar-refractivity contribution in [2.45, 2.75) is 32.6 Å². The third-order valence-electron chi connectivity index (χ3n) is 2.72. The summed E-state index contributed by atoms with van der Waals surface area (Å²) in [7, 11) is 0. The summed E-state index contributed by atoms with van der Waals surface area (Å²) >= 11 is 0. The van der Waals surface area contributed by atoms with Gasteiger partial charge in [-0.1, -0.05) is 43.7 Å². The lowest BCUT2D eigenvalue weighted by Crippen LogP contribution is -1.76. The highest BCUT2D eigenvalue weighted by Crippen LogP contribution is 2.43. The fraction of sp³-hybridized carbons (Fsp3) is 0.538. The largest absolute Gasteiger partial charge is 0.103 e. The minimum atomic E-state index is 0.978. The summed E-state index contributed by atoms with van der Waals surface area (Å²) in [5, 5.41) is 0. The molecule has 1 fully saturated rings. The molecule has 0 N–H and O–H groups in total. The number of allylic oxidation sites excluding steroid dienone is 5. The Morgan fingerprint density at radius 3 is 2.62 bits per heavy atom. The molecule has 2 unspecified atom stereocenters. The standard InChI is InChI=1S/C13H20/c1-3-5-6-7-8-9-10-13-11-12(13)4-2/h3,6-9,12-13H,1,4-5,10-11H2,2H3/b7-6-,9-8-. The van der Waals surface area contributed by atoms with Gasteiger partial charge < -0.3 is 0 Å². The molecular weight excluding hydrogens is 156 g/mol. The van der Waals surface area contributed by atoms with Crippen molar-refractivity contribution in [3.8, 4) is 0 Å². The van der Waals surface area contributed by atoms with Crippen LogP contribution in [0, 0.1) is 11.8 Å². The molecule has 0 radical (unpaired) electrons. The van der Waals surface area contributed by atoms with E-state index in [9.17, 15) is 0 Å². The van der Waals surface area contributed by atoms with Crippen LogP contribution in [0.25, 0.3) is 0 Å². The monoisotopic (exact) mass is 176 g/mol. The number of hydrogen-bond acceptors (Lipinski definition) is 0. The van der Waals surface area contributed by atoms with Gasteiger partial charge in [0.05, 0.1) is 0 Å². The molecule has 0 nitrogen and oxygen atoms in total. The van der Waals surface area contributed by atoms with E-state index in [2.05, 4.69) is 37.8 Å². The second-order valence-electron chi connectivity index (χ2n) is 3.78. The Hall–Kier alpha value is -0.780. The molecule has 1 saturated carbocycles. The average molecular weight is 176 g/mol. The third-order valence-corrected chi connectivity index (χ3v) is 2.72. The molecule has 0 saturated heterocycles. The Bertz CT molecular complexity index is 198. The lowest BCUT2D eigenvalue weighted by Gasteiger charge is -1.88. The van der Waals surface area contributed by atoms with E-state index in [4.69, 9.17) is 0 Å². The molecule has 72 valence electrons. The van der Waals surface area contributed by atoms with Gasteiger partial charge in [0.1, 0.15) is 0 Å². The van der Waals surface area contributed by atoms with Crippen LogP contribution < -0.4 is 0 Å². The first-order chi connectivity index (χ1) is 6.38. The summed E-state index contributed by atoms with van der Waals surface area (Å²) in [6, 6.07) is 0. The SMILES string of the molecule is C=CC/C=C\C=C/CC1CC1CC. The second kappa shape index (κ2) is 5.80. The molecule has 0 spiro atoms. The van der Waals surface area contributed by atoms with E-state index in [1.165, 1.54) is 19.3 Å². The van der Waals surface area contributed by atoms with Crippen molar-refractivity contribution < 1.29 is 0 Å². The molecule has 1 aliphatic rings. The molecule has 0 heteroatoms. The smallest absolute Gasteiger partial charge is 0.0169 e. The molecule has 0 aromatic rings. The molecule has 0 aromatic heterocycles. The van der Waals surface area contributed by atoms with Crippen LogP contribution in [0.2, 0.25) is 0 Å². The first-order valence-electron chi connectivity index (χ1n) is 5.31. The maximum atomic E-state index is 3.66. The molecule has 13 heavy (non-hydrogen) atoms. The molecule has 0 heterocycles. The van der Waals surface area contributed by atoms with E-state index in [1.807, 2.05) is 6.08 Å². The molecule has 0 bridgehead atoms. The normalized spacial score (nSPS) is 27.2. The van der Waals surface area contributed by atoms with Gasteiger partial charge in [-0.15, -0.1) is 6.58 Å². The predicted molar refractivity (Wildman–Crippen MR) is 59.6 cm³/mol. The molecule has 1 aliphatic carbocycles. The molecular formula is C13H20. The lowest BCUT2D eigenvalue weighted by molar-refractivity contribution is 0.688. The highest BCUT2D eigenvalue weighted by molar-refractivity contribution is 5.05. The Kier molecular flexibility index (Phi) is 4.59. The Labute approximate surface area is 82.0 Å². The molecule has 0 amide bonds. The zero-order valence-corrected chi connectivity index (χ0v) is 8.58. The second-order valence-corrected chi connectivity index (χ2v) is 3.78. The Morgan fingerprint density at radius 2 is 2.00 bits per heavy atom. The van der Waals surface area contributed by atoms with Crippen LogP contribution in [0.4, 0.5) is 0 Å². The highest BCUT2D eigenvalue weighted by atomic mass is 14.4. The molecule has 0 aliphatic heterocycles. The molecule has 0 aromatic carbocycles. The van der Waals surface area contributed by atoms with Crippen LogP contribution in [0.5, 0.6) is 0 Å². The van der Waals surface area contributed by atoms with E-state index in [0.29, 0.717) is 0 Å². The topological polar surface area (TPSA) is 0 Å². The number of hydrogen-bond donors (Lipinski definition) is 0. The Morgan fingerprint density at radius 1 is 1.23 bits per heavy atom. The van der Waals surface area contributed by atoms with Crippen LogP contribution >= 0.6 is 0 Å². The Balaban J connectivity index is 2.02. The minimum Gasteiger partial charge on any atom is -0.103 e. The first-order valence-corrected chi connectivity index (χ1v) is 5.31. The van der Waals surface area contributed by atoms with Gasteiger partial charge in [-0.05, 0) is 31.1 Å². The van der Waals surface area contributed by atoms with Crippen molar-refractivity contribution in [3.63, 3.8) is 0 Å². The van der Waals surface area contributed by atoms with E-state index < -0.39 is 0 Å². The average Bonchev–Trinajstić information content (AvgIpc) is 2.90. The zero-order chi connectivity index (χ0) is 9.52. The van der Waals surface area contributed by atoms with Crippen molar-refractivity contribution in [2.24, 2.45) is 11.8 Å². The number of rotatable bonds is 6. The summed E-state index contributed by atoms with van der Waals surface area (Å²) in [5.41, 5.74) is 0. The van der Waals surface area contributed by atoms with Gasteiger partial charge in [-0.25, -0.2) is 0 Å². The van der Waals surface area contributed by atoms with Crippen LogP contribution in [0.3, 0.4) is 0 Å². The van der Waals surface area contributed by atoms with Gasteiger partial charge in [0.2, 0.25) is 0 Å². The lowest BCUT2D eigenvalue weighted by atomic mass is 10.2. The minimum absolute atomic E-state index is 0.978. The van der Waals surface area contributed by atoms with Crippen LogP contribution in [-0.2, 0) is 0 Å². The summed E-state index contributed by atoms with van der Waals surface area (Å²) in [4.78, 5) is 0. The van der Waals surface area contributed by atoms with Crippen molar-refractivity contribution in [3.05, 3.63) is 37.0 Å². The van der Waals surface area contributed by atoms with Gasteiger partial charge in [-0.2, -0.15) is 0 Å². The van der Waals surface area contributed by atoms with Crippen LogP contribution in [-0.4, -0.2) is 0 Å². The van der Waals surface area contributed by atoms with E-state index in [0.717, 1.165) is 18.3 Å². The van der Waals surface area contributed by atoms with Crippen molar-refractivity contribution in [1.82, 2.24) is 0 Å². The van der Waals surface area contributed by atoms with E-state index in [1.54, 1.807) is 0 Å². The fourth-order valence-corrected chi connectivity index (χ4v) is 1.68. The van der Waals surface area contributed by atoms with Gasteiger partial charge >= 0.3 is 0 Å². The third kappa shape index (κ3) is 4.12. The van der Waals surface area contributed by atoms with Gasteiger partial charge in [0.15, 0.2) is 0 Å². The maximum absolute atomic E-state index is 3.66. The van der Waals surface area contributed by atoms with E-state index >= 15 is 0 Å². The molecule has 1 rings (SSSR count). The van der Waals surface area contributed by atoms with Gasteiger partial charge in [0, 0.05) is 0 Å². The quantitative estimate of drug-likeness (QED) is 0.422. The zero-order valence-electron chi connectivity index (χ0n) is 8.58. The summed E-state index contributed by atoms with van der Waals surface area (Å²) < 4.78 is 0. The van der Waals surface area contributed by atoms with Gasteiger partial charge in [0.25, 0.3) is 0 Å². The fourth-order valence-electron chi connectivity index (χ4n) is 1.68. The molecule has 2 atom stereocenters. The van der Waals surface area contributed by atoms with Crippen molar-refractivity contribution >= 4 is 0 Å². The van der Waals surface area contributed by atoms with Crippen LogP contribution in [0.1, 0.15) is 32.6 Å². The highest BCUT2D eigenvalue weighted by Gasteiger charge is 2.33. The van der Waals surface area contributed by atoms with E-state index in [-0.39, 0.29) is 0 Å². The summed E-state index contributed by atoms with van der Waals surface area (Å²) in [5.74, 6) is 2.02. The van der Waals surface area contributed by atoms with Crippen molar-refractivity contribution in [2.75, 3.05) is 0 Å². The van der Waals surface area contributed by atoms with Crippen LogP contribution in [0.15, 0.2) is 37.0 Å². The van der Waals surface area contributed by atoms with Gasteiger partial charge in [-0.3, -0.25) is 0 Å². The summed E-state index contributed by atoms with van der Waals surface area (Å²) in [6.45, 7) is 5.95. The predicted octanol–water partition coefficient (Wildman–Crippen LogP) is 4.11. The summed E-state index contributed by atoms with van der Waals surface area (Å²) in [6.07, 6.45) is 15.7. The first kappa shape index (κ1) is 10.3.